The van der Waals surface area contributed by atoms with E-state index in [-0.39, 0.29) is 10.4 Å². The average molecular weight is 345 g/mol. The second-order valence-electron chi connectivity index (χ2n) is 3.54. The summed E-state index contributed by atoms with van der Waals surface area (Å²) in [6.45, 7) is -1.73. The summed E-state index contributed by atoms with van der Waals surface area (Å²) >= 11 is 2.85. The van der Waals surface area contributed by atoms with Crippen LogP contribution in [0.25, 0.3) is 0 Å². The van der Waals surface area contributed by atoms with Crippen LogP contribution < -0.4 is 4.74 Å². The summed E-state index contributed by atoms with van der Waals surface area (Å²) in [5.74, 6) is 0.134. The smallest absolute Gasteiger partial charge is 0.429 e. The highest BCUT2D eigenvalue weighted by molar-refractivity contribution is 9.10. The Kier molecular flexibility index (Phi) is 4.35. The fourth-order valence-electron chi connectivity index (χ4n) is 1.31. The Morgan fingerprint density at radius 3 is 2.47 bits per heavy atom. The summed E-state index contributed by atoms with van der Waals surface area (Å²) < 4.78 is 43.1. The fourth-order valence-corrected chi connectivity index (χ4v) is 1.79. The van der Waals surface area contributed by atoms with Crippen LogP contribution in [0.1, 0.15) is 5.69 Å². The van der Waals surface area contributed by atoms with Crippen LogP contribution in [0.3, 0.4) is 0 Å². The standard InChI is InChI=1S/C9H8BrF3N2O4/c1-19-5-2-3-6(14-7(5)10)8(16,4-15(17)18)9(11,12)13/h2-3,16H,4H2,1H3. The van der Waals surface area contributed by atoms with Crippen molar-refractivity contribution < 1.29 is 27.9 Å². The van der Waals surface area contributed by atoms with Gasteiger partial charge in [-0.2, -0.15) is 13.2 Å². The highest BCUT2D eigenvalue weighted by atomic mass is 79.9. The number of nitro groups is 1. The van der Waals surface area contributed by atoms with Crippen LogP contribution in [0, 0.1) is 10.1 Å². The molecule has 0 aliphatic heterocycles. The third kappa shape index (κ3) is 3.13. The molecule has 0 aliphatic carbocycles. The van der Waals surface area contributed by atoms with E-state index >= 15 is 0 Å². The van der Waals surface area contributed by atoms with Gasteiger partial charge in [-0.25, -0.2) is 4.98 Å². The second kappa shape index (κ2) is 5.29. The quantitative estimate of drug-likeness (QED) is 0.512. The molecule has 1 aromatic rings. The molecule has 0 spiro atoms. The Balaban J connectivity index is 3.34. The summed E-state index contributed by atoms with van der Waals surface area (Å²) in [5, 5.41) is 19.9. The lowest BCUT2D eigenvalue weighted by Gasteiger charge is -2.26. The lowest BCUT2D eigenvalue weighted by Crippen LogP contribution is -2.48. The number of halogens is 4. The monoisotopic (exact) mass is 344 g/mol. The van der Waals surface area contributed by atoms with Crippen LogP contribution >= 0.6 is 15.9 Å². The molecule has 1 rings (SSSR count). The number of aliphatic hydroxyl groups is 1. The summed E-state index contributed by atoms with van der Waals surface area (Å²) in [7, 11) is 1.27. The number of nitrogens with zero attached hydrogens (tertiary/aromatic N) is 2. The number of hydrogen-bond acceptors (Lipinski definition) is 5. The molecule has 1 aromatic heterocycles. The predicted octanol–water partition coefficient (Wildman–Crippen LogP) is 1.88. The van der Waals surface area contributed by atoms with Crippen LogP contribution in [-0.4, -0.2) is 34.8 Å². The summed E-state index contributed by atoms with van der Waals surface area (Å²) in [5.41, 5.74) is -4.55. The molecule has 0 bridgehead atoms. The summed E-state index contributed by atoms with van der Waals surface area (Å²) in [6, 6.07) is 1.93. The third-order valence-electron chi connectivity index (χ3n) is 2.29. The van der Waals surface area contributed by atoms with Gasteiger partial charge < -0.3 is 9.84 Å². The molecule has 0 aromatic carbocycles. The number of alkyl halides is 3. The van der Waals surface area contributed by atoms with Crippen molar-refractivity contribution in [2.24, 2.45) is 0 Å². The molecule has 0 amide bonds. The van der Waals surface area contributed by atoms with Gasteiger partial charge in [-0.15, -0.1) is 0 Å². The largest absolute Gasteiger partial charge is 0.494 e. The minimum atomic E-state index is -5.24. The van der Waals surface area contributed by atoms with Crippen molar-refractivity contribution in [1.29, 1.82) is 0 Å². The van der Waals surface area contributed by atoms with Gasteiger partial charge in [0.05, 0.1) is 12.8 Å². The lowest BCUT2D eigenvalue weighted by atomic mass is 9.98. The van der Waals surface area contributed by atoms with Gasteiger partial charge >= 0.3 is 6.18 Å². The first-order valence-corrected chi connectivity index (χ1v) is 5.53. The van der Waals surface area contributed by atoms with Gasteiger partial charge in [-0.3, -0.25) is 10.1 Å². The van der Waals surface area contributed by atoms with Gasteiger partial charge in [0.15, 0.2) is 5.75 Å². The predicted molar refractivity (Wildman–Crippen MR) is 60.3 cm³/mol. The summed E-state index contributed by atoms with van der Waals surface area (Å²) in [6.07, 6.45) is -5.24. The topological polar surface area (TPSA) is 85.5 Å². The van der Waals surface area contributed by atoms with Crippen molar-refractivity contribution >= 4 is 15.9 Å². The molecular formula is C9H8BrF3N2O4. The van der Waals surface area contributed by atoms with Crippen molar-refractivity contribution in [2.75, 3.05) is 13.7 Å². The van der Waals surface area contributed by atoms with Gasteiger partial charge in [0.1, 0.15) is 4.60 Å². The highest BCUT2D eigenvalue weighted by Gasteiger charge is 2.60. The molecule has 10 heteroatoms. The van der Waals surface area contributed by atoms with Crippen molar-refractivity contribution in [1.82, 2.24) is 4.98 Å². The molecule has 1 N–H and O–H groups in total. The van der Waals surface area contributed by atoms with E-state index in [2.05, 4.69) is 20.9 Å². The Hall–Kier alpha value is -1.42. The Bertz CT molecular complexity index is 497. The van der Waals surface area contributed by atoms with Crippen LogP contribution in [0.4, 0.5) is 13.2 Å². The third-order valence-corrected chi connectivity index (χ3v) is 2.85. The molecule has 0 radical (unpaired) electrons. The van der Waals surface area contributed by atoms with Gasteiger partial charge in [-0.1, -0.05) is 0 Å². The van der Waals surface area contributed by atoms with Crippen LogP contribution in [0.2, 0.25) is 0 Å². The van der Waals surface area contributed by atoms with Crippen molar-refractivity contribution in [2.45, 2.75) is 11.8 Å². The van der Waals surface area contributed by atoms with Crippen molar-refractivity contribution in [3.8, 4) is 5.75 Å². The van der Waals surface area contributed by atoms with Crippen molar-refractivity contribution in [3.05, 3.63) is 32.5 Å². The first-order valence-electron chi connectivity index (χ1n) is 4.73. The molecule has 106 valence electrons. The first-order chi connectivity index (χ1) is 8.61. The number of ether oxygens (including phenoxy) is 1. The zero-order valence-corrected chi connectivity index (χ0v) is 11.0. The maximum Gasteiger partial charge on any atom is 0.429 e. The minimum absolute atomic E-state index is 0.0986. The zero-order chi connectivity index (χ0) is 14.8. The highest BCUT2D eigenvalue weighted by Crippen LogP contribution is 2.39. The van der Waals surface area contributed by atoms with E-state index in [9.17, 15) is 28.4 Å². The maximum absolute atomic E-state index is 12.8. The first kappa shape index (κ1) is 15.6. The maximum atomic E-state index is 12.8. The molecule has 0 fully saturated rings. The number of rotatable bonds is 4. The average Bonchev–Trinajstić information content (AvgIpc) is 2.26. The van der Waals surface area contributed by atoms with E-state index in [0.29, 0.717) is 0 Å². The molecule has 19 heavy (non-hydrogen) atoms. The van der Waals surface area contributed by atoms with E-state index < -0.39 is 28.9 Å². The number of methoxy groups -OCH3 is 1. The van der Waals surface area contributed by atoms with Gasteiger partial charge in [0.2, 0.25) is 6.54 Å². The molecule has 1 unspecified atom stereocenters. The molecule has 1 heterocycles. The van der Waals surface area contributed by atoms with Crippen molar-refractivity contribution in [3.63, 3.8) is 0 Å². The fraction of sp³-hybridized carbons (Fsp3) is 0.444. The second-order valence-corrected chi connectivity index (χ2v) is 4.29. The lowest BCUT2D eigenvalue weighted by molar-refractivity contribution is -0.519. The molecule has 0 saturated heterocycles. The van der Waals surface area contributed by atoms with Crippen LogP contribution in [-0.2, 0) is 5.60 Å². The molecule has 0 saturated carbocycles. The normalized spacial score (nSPS) is 14.8. The molecular weight excluding hydrogens is 337 g/mol. The number of hydrogen-bond donors (Lipinski definition) is 1. The zero-order valence-electron chi connectivity index (χ0n) is 9.44. The van der Waals surface area contributed by atoms with E-state index in [1.807, 2.05) is 0 Å². The Labute approximate surface area is 113 Å². The van der Waals surface area contributed by atoms with Crippen LogP contribution in [0.15, 0.2) is 16.7 Å². The van der Waals surface area contributed by atoms with E-state index in [0.717, 1.165) is 12.1 Å². The number of aromatic nitrogens is 1. The minimum Gasteiger partial charge on any atom is -0.494 e. The number of pyridine rings is 1. The SMILES string of the molecule is COc1ccc(C(O)(C[N+](=O)[O-])C(F)(F)F)nc1Br. The Morgan fingerprint density at radius 2 is 2.11 bits per heavy atom. The van der Waals surface area contributed by atoms with E-state index in [1.54, 1.807) is 0 Å². The molecule has 1 atom stereocenters. The van der Waals surface area contributed by atoms with E-state index in [4.69, 9.17) is 4.74 Å². The van der Waals surface area contributed by atoms with Gasteiger partial charge in [0.25, 0.3) is 5.60 Å². The Morgan fingerprint density at radius 1 is 1.53 bits per heavy atom. The van der Waals surface area contributed by atoms with E-state index in [1.165, 1.54) is 7.11 Å². The van der Waals surface area contributed by atoms with Crippen LogP contribution in [0.5, 0.6) is 5.75 Å². The van der Waals surface area contributed by atoms with Gasteiger partial charge in [0, 0.05) is 4.92 Å². The van der Waals surface area contributed by atoms with Gasteiger partial charge in [-0.05, 0) is 28.1 Å². The molecule has 6 nitrogen and oxygen atoms in total. The molecule has 0 aliphatic rings. The summed E-state index contributed by atoms with van der Waals surface area (Å²) in [4.78, 5) is 12.5.